The number of aliphatic hydroxyl groups is 1. The third-order valence-electron chi connectivity index (χ3n) is 9.10. The summed E-state index contributed by atoms with van der Waals surface area (Å²) < 4.78 is 6.07. The molecule has 1 N–H and O–H groups in total. The smallest absolute Gasteiger partial charge is 0.181 e. The Hall–Kier alpha value is -0.920. The Balaban J connectivity index is 1.53. The second-order valence-corrected chi connectivity index (χ2v) is 9.65. The van der Waals surface area contributed by atoms with Crippen molar-refractivity contribution >= 4 is 5.78 Å². The SMILES string of the molecule is CC12CC[C@H]3[C@@H](CC[C@@]45OC4C(=O)[C@H](C#N)CC35C)[C@@H]1CCC2O. The molecule has 5 aliphatic rings. The first kappa shape index (κ1) is 15.3. The van der Waals surface area contributed by atoms with Gasteiger partial charge in [0.15, 0.2) is 5.78 Å². The Morgan fingerprint density at radius 1 is 1.17 bits per heavy atom. The van der Waals surface area contributed by atoms with Crippen molar-refractivity contribution in [2.24, 2.45) is 34.5 Å². The second kappa shape index (κ2) is 4.43. The zero-order valence-corrected chi connectivity index (χ0v) is 14.6. The molecule has 0 amide bonds. The lowest BCUT2D eigenvalue weighted by Crippen LogP contribution is -2.59. The van der Waals surface area contributed by atoms with Crippen LogP contribution in [0, 0.1) is 45.8 Å². The fourth-order valence-corrected chi connectivity index (χ4v) is 7.66. The lowest BCUT2D eigenvalue weighted by molar-refractivity contribution is -0.138. The first-order valence-corrected chi connectivity index (χ1v) is 9.67. The molecule has 0 aromatic heterocycles. The summed E-state index contributed by atoms with van der Waals surface area (Å²) in [5.74, 6) is 1.29. The van der Waals surface area contributed by atoms with E-state index >= 15 is 0 Å². The molecule has 4 nitrogen and oxygen atoms in total. The van der Waals surface area contributed by atoms with E-state index in [0.717, 1.165) is 38.5 Å². The van der Waals surface area contributed by atoms with E-state index in [-0.39, 0.29) is 34.4 Å². The standard InChI is InChI=1S/C20H27NO3/c1-18-7-6-14-12(13(18)3-4-15(18)22)5-8-20-17(24-20)16(23)11(10-21)9-19(14,20)2/h11-15,17,22H,3-9H2,1-2H3/t11-,12-,13-,14-,15?,17?,18?,19?,20+/m0/s1. The Morgan fingerprint density at radius 3 is 2.71 bits per heavy atom. The van der Waals surface area contributed by atoms with Crippen molar-refractivity contribution in [3.8, 4) is 6.07 Å². The molecular weight excluding hydrogens is 302 g/mol. The lowest BCUT2D eigenvalue weighted by atomic mass is 9.44. The van der Waals surface area contributed by atoms with Gasteiger partial charge in [-0.15, -0.1) is 0 Å². The topological polar surface area (TPSA) is 73.6 Å². The molecule has 9 atom stereocenters. The summed E-state index contributed by atoms with van der Waals surface area (Å²) in [5.41, 5.74) is -0.252. The van der Waals surface area contributed by atoms with Crippen LogP contribution in [0.3, 0.4) is 0 Å². The lowest BCUT2D eigenvalue weighted by Gasteiger charge is -2.59. The summed E-state index contributed by atoms with van der Waals surface area (Å²) in [6, 6.07) is 2.25. The number of epoxide rings is 1. The van der Waals surface area contributed by atoms with Gasteiger partial charge in [0.25, 0.3) is 0 Å². The molecule has 5 rings (SSSR count). The number of hydrogen-bond acceptors (Lipinski definition) is 4. The molecule has 5 fully saturated rings. The molecule has 1 aliphatic heterocycles. The molecule has 130 valence electrons. The van der Waals surface area contributed by atoms with Gasteiger partial charge in [-0.1, -0.05) is 13.8 Å². The maximum absolute atomic E-state index is 12.4. The highest BCUT2D eigenvalue weighted by molar-refractivity contribution is 5.92. The van der Waals surface area contributed by atoms with Crippen molar-refractivity contribution in [1.82, 2.24) is 0 Å². The highest BCUT2D eigenvalue weighted by atomic mass is 16.6. The molecule has 4 aliphatic carbocycles. The highest BCUT2D eigenvalue weighted by Gasteiger charge is 2.78. The van der Waals surface area contributed by atoms with E-state index in [1.165, 1.54) is 0 Å². The summed E-state index contributed by atoms with van der Waals surface area (Å²) in [6.07, 6.45) is 6.53. The minimum Gasteiger partial charge on any atom is -0.393 e. The summed E-state index contributed by atoms with van der Waals surface area (Å²) in [5, 5.41) is 20.0. The summed E-state index contributed by atoms with van der Waals surface area (Å²) in [6.45, 7) is 4.59. The molecule has 1 saturated heterocycles. The van der Waals surface area contributed by atoms with Crippen LogP contribution in [-0.2, 0) is 9.53 Å². The molecule has 1 heterocycles. The predicted molar refractivity (Wildman–Crippen MR) is 86.7 cm³/mol. The minimum absolute atomic E-state index is 0.0327. The van der Waals surface area contributed by atoms with Crippen molar-refractivity contribution < 1.29 is 14.6 Å². The third kappa shape index (κ3) is 1.51. The number of nitriles is 1. The first-order valence-electron chi connectivity index (χ1n) is 9.67. The first-order chi connectivity index (χ1) is 11.4. The number of aliphatic hydroxyl groups excluding tert-OH is 1. The third-order valence-corrected chi connectivity index (χ3v) is 9.10. The normalized spacial score (nSPS) is 61.2. The minimum atomic E-state index is -0.489. The predicted octanol–water partition coefficient (Wildman–Crippen LogP) is 2.84. The van der Waals surface area contributed by atoms with Gasteiger partial charge in [-0.05, 0) is 68.1 Å². The van der Waals surface area contributed by atoms with Gasteiger partial charge in [-0.2, -0.15) is 5.26 Å². The Kier molecular flexibility index (Phi) is 2.83. The second-order valence-electron chi connectivity index (χ2n) is 9.65. The van der Waals surface area contributed by atoms with E-state index in [2.05, 4.69) is 19.9 Å². The fraction of sp³-hybridized carbons (Fsp3) is 0.900. The van der Waals surface area contributed by atoms with Gasteiger partial charge in [0.05, 0.1) is 12.2 Å². The Morgan fingerprint density at radius 2 is 1.96 bits per heavy atom. The van der Waals surface area contributed by atoms with Crippen LogP contribution >= 0.6 is 0 Å². The Bertz CT molecular complexity index is 656. The van der Waals surface area contributed by atoms with Gasteiger partial charge in [0.1, 0.15) is 17.6 Å². The van der Waals surface area contributed by atoms with Gasteiger partial charge < -0.3 is 9.84 Å². The average Bonchev–Trinajstić information content (AvgIpc) is 3.23. The van der Waals surface area contributed by atoms with E-state index in [4.69, 9.17) is 4.74 Å². The quantitative estimate of drug-likeness (QED) is 0.694. The van der Waals surface area contributed by atoms with Gasteiger partial charge in [0, 0.05) is 5.41 Å². The summed E-state index contributed by atoms with van der Waals surface area (Å²) in [4.78, 5) is 12.4. The zero-order valence-electron chi connectivity index (χ0n) is 14.6. The van der Waals surface area contributed by atoms with Crippen LogP contribution in [0.15, 0.2) is 0 Å². The molecule has 1 spiro atoms. The zero-order chi connectivity index (χ0) is 16.9. The number of hydrogen-bond donors (Lipinski definition) is 1. The van der Waals surface area contributed by atoms with Gasteiger partial charge in [-0.3, -0.25) is 4.79 Å². The van der Waals surface area contributed by atoms with Crippen molar-refractivity contribution in [3.63, 3.8) is 0 Å². The largest absolute Gasteiger partial charge is 0.393 e. The van der Waals surface area contributed by atoms with Crippen molar-refractivity contribution in [1.29, 1.82) is 5.26 Å². The van der Waals surface area contributed by atoms with Gasteiger partial charge in [-0.25, -0.2) is 0 Å². The van der Waals surface area contributed by atoms with Crippen LogP contribution in [0.2, 0.25) is 0 Å². The molecule has 0 aromatic carbocycles. The van der Waals surface area contributed by atoms with Crippen molar-refractivity contribution in [2.75, 3.05) is 0 Å². The monoisotopic (exact) mass is 329 g/mol. The van der Waals surface area contributed by atoms with Gasteiger partial charge >= 0.3 is 0 Å². The number of rotatable bonds is 0. The molecule has 24 heavy (non-hydrogen) atoms. The number of nitrogens with zero attached hydrogens (tertiary/aromatic N) is 1. The van der Waals surface area contributed by atoms with E-state index in [1.807, 2.05) is 0 Å². The summed E-state index contributed by atoms with van der Waals surface area (Å²) >= 11 is 0. The van der Waals surface area contributed by atoms with Crippen LogP contribution in [0.5, 0.6) is 0 Å². The van der Waals surface area contributed by atoms with E-state index in [1.54, 1.807) is 0 Å². The average molecular weight is 329 g/mol. The Labute approximate surface area is 143 Å². The number of carbonyl (C=O) groups excluding carboxylic acids is 1. The maximum Gasteiger partial charge on any atom is 0.181 e. The molecule has 4 saturated carbocycles. The number of ether oxygens (including phenoxy) is 1. The molecule has 4 heteroatoms. The van der Waals surface area contributed by atoms with Crippen LogP contribution in [-0.4, -0.2) is 28.7 Å². The molecule has 0 radical (unpaired) electrons. The molecule has 4 unspecified atom stereocenters. The van der Waals surface area contributed by atoms with Crippen molar-refractivity contribution in [2.45, 2.75) is 76.6 Å². The van der Waals surface area contributed by atoms with Crippen LogP contribution in [0.25, 0.3) is 0 Å². The number of Topliss-reactive ketones (excluding diaryl/α,β-unsaturated/α-hetero) is 1. The number of ketones is 1. The van der Waals surface area contributed by atoms with Crippen LogP contribution in [0.4, 0.5) is 0 Å². The number of fused-ring (bicyclic) bond motifs is 4. The van der Waals surface area contributed by atoms with Crippen LogP contribution in [0.1, 0.15) is 58.8 Å². The highest BCUT2D eigenvalue weighted by Crippen LogP contribution is 2.72. The maximum atomic E-state index is 12.4. The molecular formula is C20H27NO3. The molecule has 0 bridgehead atoms. The van der Waals surface area contributed by atoms with Gasteiger partial charge in [0.2, 0.25) is 0 Å². The van der Waals surface area contributed by atoms with E-state index < -0.39 is 5.92 Å². The molecule has 0 aromatic rings. The summed E-state index contributed by atoms with van der Waals surface area (Å²) in [7, 11) is 0. The number of carbonyl (C=O) groups is 1. The van der Waals surface area contributed by atoms with Crippen molar-refractivity contribution in [3.05, 3.63) is 0 Å². The van der Waals surface area contributed by atoms with Crippen LogP contribution < -0.4 is 0 Å². The van der Waals surface area contributed by atoms with E-state index in [9.17, 15) is 15.2 Å². The van der Waals surface area contributed by atoms with E-state index in [0.29, 0.717) is 24.2 Å². The fourth-order valence-electron chi connectivity index (χ4n) is 7.66.